The molecule has 0 aliphatic heterocycles. The summed E-state index contributed by atoms with van der Waals surface area (Å²) in [6, 6.07) is 9.43. The Hall–Kier alpha value is -2.03. The summed E-state index contributed by atoms with van der Waals surface area (Å²) < 4.78 is 39.8. The topological polar surface area (TPSA) is 0 Å². The van der Waals surface area contributed by atoms with Gasteiger partial charge < -0.3 is 0 Å². The quantitative estimate of drug-likeness (QED) is 0.503. The lowest BCUT2D eigenvalue weighted by atomic mass is 10.0. The standard InChI is InChI=1S/C14H7F3/c15-9-2-4-11-8(5-9)1-3-12-13(11)6-10(16)7-14(12)17/h1-7H. The number of hydrogen-bond donors (Lipinski definition) is 0. The molecule has 0 amide bonds. The first kappa shape index (κ1) is 10.1. The largest absolute Gasteiger partial charge is 0.207 e. The summed E-state index contributed by atoms with van der Waals surface area (Å²) >= 11 is 0. The Labute approximate surface area is 95.3 Å². The van der Waals surface area contributed by atoms with E-state index in [4.69, 9.17) is 0 Å². The van der Waals surface area contributed by atoms with E-state index in [1.165, 1.54) is 30.3 Å². The Bertz CT molecular complexity index is 732. The Morgan fingerprint density at radius 1 is 0.588 bits per heavy atom. The highest BCUT2D eigenvalue weighted by Gasteiger charge is 2.07. The first-order valence-electron chi connectivity index (χ1n) is 5.12. The molecule has 0 radical (unpaired) electrons. The van der Waals surface area contributed by atoms with Gasteiger partial charge in [-0.15, -0.1) is 0 Å². The fraction of sp³-hybridized carbons (Fsp3) is 0. The fourth-order valence-corrected chi connectivity index (χ4v) is 2.07. The van der Waals surface area contributed by atoms with Crippen LogP contribution in [-0.2, 0) is 0 Å². The molecule has 0 bridgehead atoms. The molecule has 0 N–H and O–H groups in total. The van der Waals surface area contributed by atoms with Gasteiger partial charge in [-0.3, -0.25) is 0 Å². The van der Waals surface area contributed by atoms with Crippen LogP contribution in [0.5, 0.6) is 0 Å². The molecule has 0 saturated heterocycles. The minimum atomic E-state index is -0.633. The SMILES string of the molecule is Fc1ccc2c(ccc3c(F)cc(F)cc32)c1. The van der Waals surface area contributed by atoms with Gasteiger partial charge in [-0.25, -0.2) is 13.2 Å². The third kappa shape index (κ3) is 1.55. The Balaban J connectivity index is 2.55. The summed E-state index contributed by atoms with van der Waals surface area (Å²) in [7, 11) is 0. The number of benzene rings is 3. The summed E-state index contributed by atoms with van der Waals surface area (Å²) in [6.45, 7) is 0. The van der Waals surface area contributed by atoms with E-state index < -0.39 is 11.6 Å². The molecule has 0 aliphatic rings. The summed E-state index contributed by atoms with van der Waals surface area (Å²) in [5.74, 6) is -1.60. The van der Waals surface area contributed by atoms with Crippen molar-refractivity contribution in [3.63, 3.8) is 0 Å². The highest BCUT2D eigenvalue weighted by Crippen LogP contribution is 2.28. The first-order chi connectivity index (χ1) is 8.15. The van der Waals surface area contributed by atoms with E-state index in [2.05, 4.69) is 0 Å². The molecular formula is C14H7F3. The van der Waals surface area contributed by atoms with Crippen molar-refractivity contribution in [1.29, 1.82) is 0 Å². The predicted molar refractivity (Wildman–Crippen MR) is 61.3 cm³/mol. The molecule has 0 spiro atoms. The fourth-order valence-electron chi connectivity index (χ4n) is 2.07. The average Bonchev–Trinajstić information content (AvgIpc) is 2.27. The molecule has 3 heteroatoms. The van der Waals surface area contributed by atoms with E-state index in [0.29, 0.717) is 21.5 Å². The van der Waals surface area contributed by atoms with Crippen molar-refractivity contribution < 1.29 is 13.2 Å². The number of fused-ring (bicyclic) bond motifs is 3. The lowest BCUT2D eigenvalue weighted by Crippen LogP contribution is -1.85. The van der Waals surface area contributed by atoms with Crippen LogP contribution in [0.25, 0.3) is 21.5 Å². The summed E-state index contributed by atoms with van der Waals surface area (Å²) in [6.07, 6.45) is 0. The highest BCUT2D eigenvalue weighted by molar-refractivity contribution is 6.07. The van der Waals surface area contributed by atoms with Gasteiger partial charge >= 0.3 is 0 Å². The third-order valence-electron chi connectivity index (χ3n) is 2.83. The van der Waals surface area contributed by atoms with Gasteiger partial charge in [0.15, 0.2) is 0 Å². The lowest BCUT2D eigenvalue weighted by molar-refractivity contribution is 0.592. The molecule has 0 atom stereocenters. The van der Waals surface area contributed by atoms with Crippen LogP contribution in [0.1, 0.15) is 0 Å². The molecule has 0 aliphatic carbocycles. The van der Waals surface area contributed by atoms with E-state index >= 15 is 0 Å². The van der Waals surface area contributed by atoms with Gasteiger partial charge in [0, 0.05) is 11.5 Å². The highest BCUT2D eigenvalue weighted by atomic mass is 19.1. The smallest absolute Gasteiger partial charge is 0.133 e. The van der Waals surface area contributed by atoms with E-state index in [1.54, 1.807) is 6.07 Å². The average molecular weight is 232 g/mol. The molecule has 0 unspecified atom stereocenters. The predicted octanol–water partition coefficient (Wildman–Crippen LogP) is 4.41. The van der Waals surface area contributed by atoms with Crippen LogP contribution in [0, 0.1) is 17.5 Å². The van der Waals surface area contributed by atoms with Crippen molar-refractivity contribution in [1.82, 2.24) is 0 Å². The van der Waals surface area contributed by atoms with Gasteiger partial charge in [-0.2, -0.15) is 0 Å². The molecule has 3 aromatic rings. The maximum atomic E-state index is 13.5. The second-order valence-corrected chi connectivity index (χ2v) is 3.91. The van der Waals surface area contributed by atoms with Crippen molar-refractivity contribution in [2.45, 2.75) is 0 Å². The van der Waals surface area contributed by atoms with E-state index in [-0.39, 0.29) is 5.82 Å². The van der Waals surface area contributed by atoms with E-state index in [0.717, 1.165) is 6.07 Å². The zero-order valence-electron chi connectivity index (χ0n) is 8.68. The van der Waals surface area contributed by atoms with Crippen LogP contribution in [-0.4, -0.2) is 0 Å². The number of halogens is 3. The van der Waals surface area contributed by atoms with E-state index in [1.807, 2.05) is 0 Å². The Morgan fingerprint density at radius 3 is 2.18 bits per heavy atom. The molecular weight excluding hydrogens is 225 g/mol. The van der Waals surface area contributed by atoms with Gasteiger partial charge in [0.05, 0.1) is 0 Å². The number of hydrogen-bond acceptors (Lipinski definition) is 0. The number of rotatable bonds is 0. The summed E-state index contributed by atoms with van der Waals surface area (Å²) in [5.41, 5.74) is 0. The molecule has 84 valence electrons. The minimum absolute atomic E-state index is 0.338. The lowest BCUT2D eigenvalue weighted by Gasteiger charge is -2.05. The maximum absolute atomic E-state index is 13.5. The van der Waals surface area contributed by atoms with Crippen molar-refractivity contribution >= 4 is 21.5 Å². The van der Waals surface area contributed by atoms with Crippen LogP contribution in [0.4, 0.5) is 13.2 Å². The second-order valence-electron chi connectivity index (χ2n) is 3.91. The Morgan fingerprint density at radius 2 is 1.35 bits per heavy atom. The molecule has 17 heavy (non-hydrogen) atoms. The molecule has 3 rings (SSSR count). The Kier molecular flexibility index (Phi) is 2.08. The van der Waals surface area contributed by atoms with Crippen molar-refractivity contribution in [2.75, 3.05) is 0 Å². The van der Waals surface area contributed by atoms with Gasteiger partial charge in [0.1, 0.15) is 17.5 Å². The monoisotopic (exact) mass is 232 g/mol. The van der Waals surface area contributed by atoms with Crippen LogP contribution in [0.2, 0.25) is 0 Å². The van der Waals surface area contributed by atoms with Gasteiger partial charge in [-0.05, 0) is 34.4 Å². The van der Waals surface area contributed by atoms with Gasteiger partial charge in [0.2, 0.25) is 0 Å². The zero-order valence-corrected chi connectivity index (χ0v) is 8.68. The van der Waals surface area contributed by atoms with Crippen LogP contribution in [0.15, 0.2) is 42.5 Å². The molecule has 0 saturated carbocycles. The van der Waals surface area contributed by atoms with Gasteiger partial charge in [-0.1, -0.05) is 18.2 Å². The minimum Gasteiger partial charge on any atom is -0.207 e. The zero-order chi connectivity index (χ0) is 12.0. The molecule has 0 aromatic heterocycles. The maximum Gasteiger partial charge on any atom is 0.133 e. The molecule has 0 nitrogen and oxygen atoms in total. The molecule has 3 aromatic carbocycles. The summed E-state index contributed by atoms with van der Waals surface area (Å²) in [5, 5.41) is 2.07. The molecule has 0 heterocycles. The van der Waals surface area contributed by atoms with Gasteiger partial charge in [0.25, 0.3) is 0 Å². The first-order valence-corrected chi connectivity index (χ1v) is 5.12. The van der Waals surface area contributed by atoms with E-state index in [9.17, 15) is 13.2 Å². The van der Waals surface area contributed by atoms with Crippen LogP contribution < -0.4 is 0 Å². The van der Waals surface area contributed by atoms with Crippen LogP contribution in [0.3, 0.4) is 0 Å². The van der Waals surface area contributed by atoms with Crippen molar-refractivity contribution in [3.05, 3.63) is 59.9 Å². The molecule has 0 fully saturated rings. The van der Waals surface area contributed by atoms with Crippen LogP contribution >= 0.6 is 0 Å². The van der Waals surface area contributed by atoms with Crippen molar-refractivity contribution in [2.24, 2.45) is 0 Å². The summed E-state index contributed by atoms with van der Waals surface area (Å²) in [4.78, 5) is 0. The second kappa shape index (κ2) is 3.48. The third-order valence-corrected chi connectivity index (χ3v) is 2.83. The normalized spacial score (nSPS) is 11.2. The van der Waals surface area contributed by atoms with Crippen molar-refractivity contribution in [3.8, 4) is 0 Å².